The van der Waals surface area contributed by atoms with Gasteiger partial charge in [-0.05, 0) is 12.1 Å². The van der Waals surface area contributed by atoms with E-state index in [4.69, 9.17) is 22.1 Å². The van der Waals surface area contributed by atoms with Crippen molar-refractivity contribution >= 4 is 31.7 Å². The first kappa shape index (κ1) is 16.2. The van der Waals surface area contributed by atoms with Crippen molar-refractivity contribution in [3.05, 3.63) is 30.5 Å². The van der Waals surface area contributed by atoms with E-state index < -0.39 is 20.8 Å². The minimum absolute atomic E-state index is 0.130. The third-order valence-corrected chi connectivity index (χ3v) is 2.18. The summed E-state index contributed by atoms with van der Waals surface area (Å²) in [5, 5.41) is 9.84. The van der Waals surface area contributed by atoms with Crippen molar-refractivity contribution in [2.75, 3.05) is 0 Å². The Hall–Kier alpha value is -1.86. The predicted octanol–water partition coefficient (Wildman–Crippen LogP) is -0.0745. The average molecular weight is 327 g/mol. The Bertz CT molecular complexity index is 798. The van der Waals surface area contributed by atoms with E-state index in [1.54, 1.807) is 24.3 Å². The summed E-state index contributed by atoms with van der Waals surface area (Å²) in [6.45, 7) is 0. The topological polar surface area (TPSA) is 163 Å². The van der Waals surface area contributed by atoms with E-state index in [2.05, 4.69) is 4.28 Å². The van der Waals surface area contributed by atoms with Crippen LogP contribution in [-0.2, 0) is 20.8 Å². The summed E-state index contributed by atoms with van der Waals surface area (Å²) in [7, 11) is -9.27. The number of aromatic hydroxyl groups is 1. The molecule has 12 heteroatoms. The molecule has 112 valence electrons. The van der Waals surface area contributed by atoms with Crippen LogP contribution in [0.3, 0.4) is 0 Å². The molecule has 10 nitrogen and oxygen atoms in total. The van der Waals surface area contributed by atoms with Gasteiger partial charge in [0, 0.05) is 5.39 Å². The summed E-state index contributed by atoms with van der Waals surface area (Å²) in [6, 6.07) is 6.46. The molecule has 1 aromatic heterocycles. The van der Waals surface area contributed by atoms with E-state index in [1.165, 1.54) is 0 Å². The van der Waals surface area contributed by atoms with Crippen LogP contribution in [0.5, 0.6) is 5.75 Å². The van der Waals surface area contributed by atoms with E-state index in [1.807, 2.05) is 0 Å². The van der Waals surface area contributed by atoms with Crippen molar-refractivity contribution < 1.29 is 39.9 Å². The number of para-hydroxylation sites is 1. The molecule has 0 bridgehead atoms. The molecule has 0 aliphatic carbocycles. The van der Waals surface area contributed by atoms with Crippen LogP contribution >= 0.6 is 0 Å². The van der Waals surface area contributed by atoms with E-state index >= 15 is 0 Å². The number of hydrogen-bond acceptors (Lipinski definition) is 6. The standard InChI is InChI=1S/C8H7NO5S.H2O4S/c10-8-5-9(14-15(11,12)13)7-4-2-1-3-6(7)8;1-5(2,3)4/h1-5,10H,(H,11,12,13);(H2,1,2,3,4). The summed E-state index contributed by atoms with van der Waals surface area (Å²) in [6.07, 6.45) is 1.05. The van der Waals surface area contributed by atoms with Crippen molar-refractivity contribution in [3.8, 4) is 5.75 Å². The molecule has 0 radical (unpaired) electrons. The molecule has 0 spiro atoms. The lowest BCUT2D eigenvalue weighted by molar-refractivity contribution is 0.248. The van der Waals surface area contributed by atoms with Crippen LogP contribution in [0.4, 0.5) is 0 Å². The molecule has 4 N–H and O–H groups in total. The SMILES string of the molecule is O=S(=O)(O)O.O=S(=O)(O)On1cc(O)c2ccccc21. The molecule has 0 amide bonds. The van der Waals surface area contributed by atoms with Gasteiger partial charge in [-0.2, -0.15) is 21.6 Å². The normalized spacial score (nSPS) is 11.8. The number of hydrogen-bond donors (Lipinski definition) is 4. The lowest BCUT2D eigenvalue weighted by Crippen LogP contribution is -2.17. The zero-order chi connectivity index (χ0) is 15.6. The number of benzene rings is 1. The van der Waals surface area contributed by atoms with Crippen LogP contribution in [0.25, 0.3) is 10.9 Å². The predicted molar refractivity (Wildman–Crippen MR) is 65.9 cm³/mol. The molecule has 0 fully saturated rings. The Morgan fingerprint density at radius 1 is 1.00 bits per heavy atom. The van der Waals surface area contributed by atoms with Crippen molar-refractivity contribution in [2.24, 2.45) is 0 Å². The highest BCUT2D eigenvalue weighted by atomic mass is 32.3. The quantitative estimate of drug-likeness (QED) is 0.552. The molecule has 2 rings (SSSR count). The molecule has 0 unspecified atom stereocenters. The van der Waals surface area contributed by atoms with Crippen molar-refractivity contribution in [2.45, 2.75) is 0 Å². The largest absolute Gasteiger partial charge is 0.506 e. The maximum absolute atomic E-state index is 10.5. The van der Waals surface area contributed by atoms with Gasteiger partial charge >= 0.3 is 20.8 Å². The molecule has 0 aliphatic heterocycles. The first-order valence-corrected chi connectivity index (χ1v) is 7.40. The van der Waals surface area contributed by atoms with Gasteiger partial charge in [-0.1, -0.05) is 12.1 Å². The highest BCUT2D eigenvalue weighted by Crippen LogP contribution is 2.25. The van der Waals surface area contributed by atoms with Crippen LogP contribution in [0.15, 0.2) is 30.5 Å². The number of rotatable bonds is 2. The van der Waals surface area contributed by atoms with Crippen molar-refractivity contribution in [3.63, 3.8) is 0 Å². The summed E-state index contributed by atoms with van der Waals surface area (Å²) in [4.78, 5) is 0. The maximum Gasteiger partial charge on any atom is 0.465 e. The van der Waals surface area contributed by atoms with Gasteiger partial charge in [-0.15, -0.1) is 0 Å². The summed E-state index contributed by atoms with van der Waals surface area (Å²) in [5.41, 5.74) is 0.340. The molecule has 20 heavy (non-hydrogen) atoms. The molecule has 0 atom stereocenters. The van der Waals surface area contributed by atoms with Gasteiger partial charge in [-0.3, -0.25) is 17.9 Å². The Morgan fingerprint density at radius 3 is 2.00 bits per heavy atom. The van der Waals surface area contributed by atoms with Gasteiger partial charge in [0.05, 0.1) is 11.7 Å². The van der Waals surface area contributed by atoms with E-state index in [0.717, 1.165) is 10.9 Å². The van der Waals surface area contributed by atoms with Crippen LogP contribution in [0, 0.1) is 0 Å². The fourth-order valence-electron chi connectivity index (χ4n) is 1.30. The molecule has 0 saturated carbocycles. The van der Waals surface area contributed by atoms with Crippen LogP contribution < -0.4 is 4.28 Å². The highest BCUT2D eigenvalue weighted by molar-refractivity contribution is 7.81. The molecule has 1 aromatic carbocycles. The first-order chi connectivity index (χ1) is 8.97. The number of aromatic nitrogens is 1. The lowest BCUT2D eigenvalue weighted by Gasteiger charge is -2.01. The lowest BCUT2D eigenvalue weighted by atomic mass is 10.2. The second-order valence-electron chi connectivity index (χ2n) is 3.31. The molecular formula is C8H9NO9S2. The summed E-state index contributed by atoms with van der Waals surface area (Å²) >= 11 is 0. The van der Waals surface area contributed by atoms with Crippen molar-refractivity contribution in [1.82, 2.24) is 4.73 Å². The fraction of sp³-hybridized carbons (Fsp3) is 0. The monoisotopic (exact) mass is 327 g/mol. The third-order valence-electron chi connectivity index (χ3n) is 1.83. The Balaban J connectivity index is 0.000000347. The zero-order valence-electron chi connectivity index (χ0n) is 9.48. The average Bonchev–Trinajstić information content (AvgIpc) is 2.52. The van der Waals surface area contributed by atoms with Gasteiger partial charge in [0.15, 0.2) is 0 Å². The van der Waals surface area contributed by atoms with E-state index in [-0.39, 0.29) is 5.75 Å². The zero-order valence-corrected chi connectivity index (χ0v) is 11.1. The fourth-order valence-corrected chi connectivity index (χ4v) is 1.62. The Kier molecular flexibility index (Phi) is 4.57. The van der Waals surface area contributed by atoms with Gasteiger partial charge in [0.25, 0.3) is 0 Å². The molecule has 0 saturated heterocycles. The van der Waals surface area contributed by atoms with Gasteiger partial charge in [0.2, 0.25) is 0 Å². The summed E-state index contributed by atoms with van der Waals surface area (Å²) in [5.74, 6) is -0.130. The van der Waals surface area contributed by atoms with Crippen LogP contribution in [0.1, 0.15) is 0 Å². The summed E-state index contributed by atoms with van der Waals surface area (Å²) < 4.78 is 66.0. The smallest absolute Gasteiger partial charge is 0.465 e. The Morgan fingerprint density at radius 2 is 1.50 bits per heavy atom. The minimum atomic E-state index is -4.67. The first-order valence-electron chi connectivity index (χ1n) is 4.64. The second kappa shape index (κ2) is 5.64. The van der Waals surface area contributed by atoms with Gasteiger partial charge in [0.1, 0.15) is 5.75 Å². The minimum Gasteiger partial charge on any atom is -0.506 e. The number of fused-ring (bicyclic) bond motifs is 1. The van der Waals surface area contributed by atoms with E-state index in [0.29, 0.717) is 10.9 Å². The Labute approximate surface area is 113 Å². The molecular weight excluding hydrogens is 318 g/mol. The number of nitrogens with zero attached hydrogens (tertiary/aromatic N) is 1. The molecule has 2 aromatic rings. The van der Waals surface area contributed by atoms with Crippen molar-refractivity contribution in [1.29, 1.82) is 0 Å². The van der Waals surface area contributed by atoms with Gasteiger partial charge < -0.3 is 5.11 Å². The van der Waals surface area contributed by atoms with Gasteiger partial charge in [-0.25, -0.2) is 0 Å². The highest BCUT2D eigenvalue weighted by Gasteiger charge is 2.12. The van der Waals surface area contributed by atoms with Crippen LogP contribution in [0.2, 0.25) is 0 Å². The molecule has 0 aliphatic rings. The van der Waals surface area contributed by atoms with Crippen LogP contribution in [-0.4, -0.2) is 40.3 Å². The maximum atomic E-state index is 10.5. The third kappa shape index (κ3) is 5.41. The molecule has 1 heterocycles. The second-order valence-corrected chi connectivity index (χ2v) is 5.21. The van der Waals surface area contributed by atoms with E-state index in [9.17, 15) is 13.5 Å².